The number of ether oxygens (including phenoxy) is 2. The largest absolute Gasteiger partial charge is 0.383 e. The molecule has 1 aromatic rings. The van der Waals surface area contributed by atoms with Crippen LogP contribution in [0.15, 0.2) is 24.3 Å². The van der Waals surface area contributed by atoms with Crippen molar-refractivity contribution < 1.29 is 22.3 Å². The molecule has 8 heteroatoms. The van der Waals surface area contributed by atoms with E-state index in [1.165, 1.54) is 12.3 Å². The number of hydrogen-bond acceptors (Lipinski definition) is 5. The Morgan fingerprint density at radius 1 is 1.21 bits per heavy atom. The minimum absolute atomic E-state index is 0.0733. The van der Waals surface area contributed by atoms with Gasteiger partial charge in [0.05, 0.1) is 25.6 Å². The monoisotopic (exact) mass is 414 g/mol. The van der Waals surface area contributed by atoms with Crippen molar-refractivity contribution in [1.29, 1.82) is 0 Å². The fraction of sp³-hybridized carbons (Fsp3) is 0.700. The lowest BCUT2D eigenvalue weighted by atomic mass is 9.83. The predicted molar refractivity (Wildman–Crippen MR) is 106 cm³/mol. The first kappa shape index (κ1) is 21.6. The molecule has 1 heterocycles. The van der Waals surface area contributed by atoms with Gasteiger partial charge in [0, 0.05) is 25.2 Å². The summed E-state index contributed by atoms with van der Waals surface area (Å²) < 4.78 is 50.8. The van der Waals surface area contributed by atoms with Crippen molar-refractivity contribution in [3.05, 3.63) is 35.6 Å². The Labute approximate surface area is 167 Å². The Hall–Kier alpha value is -1.06. The lowest BCUT2D eigenvalue weighted by Crippen LogP contribution is -2.46. The van der Waals surface area contributed by atoms with E-state index in [2.05, 4.69) is 10.0 Å². The number of nitrogens with one attached hydrogen (secondary N) is 2. The van der Waals surface area contributed by atoms with E-state index < -0.39 is 10.0 Å². The SMILES string of the molecule is COC[C@@H]1C[C@H](NS(C)(=O)=O)[C@H](CO[C@H]2CC[C@@H](c3cccc(F)c3)CC2)N1. The summed E-state index contributed by atoms with van der Waals surface area (Å²) in [4.78, 5) is 0. The van der Waals surface area contributed by atoms with Gasteiger partial charge in [-0.25, -0.2) is 17.5 Å². The quantitative estimate of drug-likeness (QED) is 0.682. The summed E-state index contributed by atoms with van der Waals surface area (Å²) in [5.41, 5.74) is 1.07. The average Bonchev–Trinajstić information content (AvgIpc) is 3.00. The van der Waals surface area contributed by atoms with E-state index in [9.17, 15) is 12.8 Å². The standard InChI is InChI=1S/C20H31FN2O4S/c1-26-12-17-11-19(23-28(2,24)25)20(22-17)13-27-18-8-6-14(7-9-18)15-4-3-5-16(21)10-15/h3-5,10,14,17-20,22-23H,6-9,11-13H2,1-2H3/t14-,17-,18+,19-,20-/m0/s1. The van der Waals surface area contributed by atoms with Gasteiger partial charge in [-0.3, -0.25) is 0 Å². The van der Waals surface area contributed by atoms with Crippen molar-refractivity contribution in [3.63, 3.8) is 0 Å². The van der Waals surface area contributed by atoms with Crippen molar-refractivity contribution in [2.45, 2.75) is 62.3 Å². The molecule has 6 nitrogen and oxygen atoms in total. The molecule has 3 rings (SSSR count). The maximum atomic E-state index is 13.4. The molecular weight excluding hydrogens is 383 g/mol. The highest BCUT2D eigenvalue weighted by atomic mass is 32.2. The zero-order chi connectivity index (χ0) is 20.1. The molecule has 0 radical (unpaired) electrons. The molecule has 1 saturated heterocycles. The first-order valence-electron chi connectivity index (χ1n) is 9.93. The highest BCUT2D eigenvalue weighted by molar-refractivity contribution is 7.88. The van der Waals surface area contributed by atoms with E-state index in [4.69, 9.17) is 9.47 Å². The second-order valence-corrected chi connectivity index (χ2v) is 9.80. The van der Waals surface area contributed by atoms with E-state index in [0.717, 1.165) is 31.2 Å². The molecule has 1 saturated carbocycles. The number of rotatable bonds is 8. The summed E-state index contributed by atoms with van der Waals surface area (Å²) in [6.45, 7) is 1.000. The molecule has 1 aliphatic heterocycles. The Kier molecular flexibility index (Phi) is 7.44. The van der Waals surface area contributed by atoms with Crippen LogP contribution < -0.4 is 10.0 Å². The van der Waals surface area contributed by atoms with Crippen LogP contribution in [-0.2, 0) is 19.5 Å². The van der Waals surface area contributed by atoms with Crippen molar-refractivity contribution in [3.8, 4) is 0 Å². The summed E-state index contributed by atoms with van der Waals surface area (Å²) >= 11 is 0. The lowest BCUT2D eigenvalue weighted by molar-refractivity contribution is 0.0117. The first-order valence-corrected chi connectivity index (χ1v) is 11.8. The molecule has 0 unspecified atom stereocenters. The fourth-order valence-electron chi connectivity index (χ4n) is 4.41. The topological polar surface area (TPSA) is 76.7 Å². The van der Waals surface area contributed by atoms with Crippen LogP contribution in [-0.4, -0.2) is 59.2 Å². The minimum atomic E-state index is -3.28. The summed E-state index contributed by atoms with van der Waals surface area (Å²) in [7, 11) is -1.64. The second kappa shape index (κ2) is 9.63. The van der Waals surface area contributed by atoms with E-state index in [0.29, 0.717) is 25.6 Å². The Bertz CT molecular complexity index is 737. The molecular formula is C20H31FN2O4S. The second-order valence-electron chi connectivity index (χ2n) is 8.02. The molecule has 28 heavy (non-hydrogen) atoms. The zero-order valence-corrected chi connectivity index (χ0v) is 17.4. The van der Waals surface area contributed by atoms with Gasteiger partial charge in [0.2, 0.25) is 10.0 Å². The predicted octanol–water partition coefficient (Wildman–Crippen LogP) is 2.16. The third-order valence-electron chi connectivity index (χ3n) is 5.71. The van der Waals surface area contributed by atoms with Crippen molar-refractivity contribution >= 4 is 10.0 Å². The first-order chi connectivity index (χ1) is 13.3. The smallest absolute Gasteiger partial charge is 0.209 e. The van der Waals surface area contributed by atoms with E-state index in [-0.39, 0.29) is 30.0 Å². The molecule has 0 amide bonds. The molecule has 0 bridgehead atoms. The van der Waals surface area contributed by atoms with Gasteiger partial charge in [-0.05, 0) is 55.7 Å². The third kappa shape index (κ3) is 6.22. The Balaban J connectivity index is 1.49. The molecule has 158 valence electrons. The van der Waals surface area contributed by atoms with Crippen molar-refractivity contribution in [1.82, 2.24) is 10.0 Å². The highest BCUT2D eigenvalue weighted by Gasteiger charge is 2.36. The molecule has 2 fully saturated rings. The zero-order valence-electron chi connectivity index (χ0n) is 16.6. The molecule has 2 N–H and O–H groups in total. The van der Waals surface area contributed by atoms with Crippen LogP contribution in [0, 0.1) is 5.82 Å². The van der Waals surface area contributed by atoms with Crippen LogP contribution in [0.4, 0.5) is 4.39 Å². The number of benzene rings is 1. The van der Waals surface area contributed by atoms with Crippen LogP contribution in [0.5, 0.6) is 0 Å². The fourth-order valence-corrected chi connectivity index (χ4v) is 5.22. The summed E-state index contributed by atoms with van der Waals surface area (Å²) in [5, 5.41) is 3.43. The molecule has 2 aliphatic rings. The highest BCUT2D eigenvalue weighted by Crippen LogP contribution is 2.34. The van der Waals surface area contributed by atoms with Crippen LogP contribution in [0.3, 0.4) is 0 Å². The Morgan fingerprint density at radius 2 is 1.96 bits per heavy atom. The van der Waals surface area contributed by atoms with Gasteiger partial charge in [-0.15, -0.1) is 0 Å². The summed E-state index contributed by atoms with van der Waals surface area (Å²) in [5.74, 6) is 0.198. The van der Waals surface area contributed by atoms with Crippen molar-refractivity contribution in [2.75, 3.05) is 26.6 Å². The number of methoxy groups -OCH3 is 1. The Morgan fingerprint density at radius 3 is 2.61 bits per heavy atom. The van der Waals surface area contributed by atoms with Gasteiger partial charge in [0.1, 0.15) is 5.82 Å². The van der Waals surface area contributed by atoms with E-state index in [1.807, 2.05) is 6.07 Å². The van der Waals surface area contributed by atoms with Gasteiger partial charge in [-0.1, -0.05) is 12.1 Å². The normalized spacial score (nSPS) is 31.2. The molecule has 1 aliphatic carbocycles. The lowest BCUT2D eigenvalue weighted by Gasteiger charge is -2.30. The summed E-state index contributed by atoms with van der Waals surface area (Å²) in [6, 6.07) is 6.71. The number of sulfonamides is 1. The molecule has 1 aromatic carbocycles. The van der Waals surface area contributed by atoms with Gasteiger partial charge < -0.3 is 14.8 Å². The molecule has 0 spiro atoms. The van der Waals surface area contributed by atoms with Gasteiger partial charge in [0.25, 0.3) is 0 Å². The van der Waals surface area contributed by atoms with Crippen LogP contribution >= 0.6 is 0 Å². The van der Waals surface area contributed by atoms with Gasteiger partial charge in [0.15, 0.2) is 0 Å². The maximum Gasteiger partial charge on any atom is 0.209 e. The van der Waals surface area contributed by atoms with Crippen LogP contribution in [0.25, 0.3) is 0 Å². The minimum Gasteiger partial charge on any atom is -0.383 e. The maximum absolute atomic E-state index is 13.4. The number of hydrogen-bond donors (Lipinski definition) is 2. The van der Waals surface area contributed by atoms with Gasteiger partial charge >= 0.3 is 0 Å². The van der Waals surface area contributed by atoms with E-state index in [1.54, 1.807) is 19.2 Å². The van der Waals surface area contributed by atoms with Crippen molar-refractivity contribution in [2.24, 2.45) is 0 Å². The average molecular weight is 415 g/mol. The number of halogens is 1. The third-order valence-corrected chi connectivity index (χ3v) is 6.44. The molecule has 3 atom stereocenters. The summed E-state index contributed by atoms with van der Waals surface area (Å²) in [6.07, 6.45) is 5.84. The van der Waals surface area contributed by atoms with Gasteiger partial charge in [-0.2, -0.15) is 0 Å². The van der Waals surface area contributed by atoms with E-state index >= 15 is 0 Å². The van der Waals surface area contributed by atoms with Crippen LogP contribution in [0.1, 0.15) is 43.6 Å². The van der Waals surface area contributed by atoms with Crippen LogP contribution in [0.2, 0.25) is 0 Å². The molecule has 0 aromatic heterocycles.